The molecule has 1 aromatic carbocycles. The summed E-state index contributed by atoms with van der Waals surface area (Å²) in [5, 5.41) is 5.95. The van der Waals surface area contributed by atoms with Crippen LogP contribution in [0.3, 0.4) is 0 Å². The van der Waals surface area contributed by atoms with Gasteiger partial charge in [0.25, 0.3) is 0 Å². The number of ether oxygens (including phenoxy) is 2. The second kappa shape index (κ2) is 10.8. The largest absolute Gasteiger partial charge is 0.494 e. The zero-order valence-electron chi connectivity index (χ0n) is 18.1. The van der Waals surface area contributed by atoms with Crippen LogP contribution < -0.4 is 20.1 Å². The summed E-state index contributed by atoms with van der Waals surface area (Å²) in [7, 11) is 0. The summed E-state index contributed by atoms with van der Waals surface area (Å²) < 4.78 is 11.6. The van der Waals surface area contributed by atoms with Gasteiger partial charge in [-0.2, -0.15) is 0 Å². The van der Waals surface area contributed by atoms with E-state index in [1.165, 1.54) is 0 Å². The molecule has 0 aliphatic heterocycles. The average molecular weight is 413 g/mol. The maximum Gasteiger partial charge on any atom is 0.319 e. The fourth-order valence-electron chi connectivity index (χ4n) is 3.54. The third-order valence-corrected chi connectivity index (χ3v) is 5.12. The van der Waals surface area contributed by atoms with Crippen LogP contribution >= 0.6 is 0 Å². The van der Waals surface area contributed by atoms with Crippen LogP contribution in [-0.2, 0) is 0 Å². The van der Waals surface area contributed by atoms with Crippen molar-refractivity contribution in [3.63, 3.8) is 0 Å². The van der Waals surface area contributed by atoms with Gasteiger partial charge in [0.1, 0.15) is 11.9 Å². The number of rotatable bonds is 8. The number of nitrogens with zero attached hydrogens (tertiary/aromatic N) is 2. The lowest BCUT2D eigenvalue weighted by Gasteiger charge is -2.29. The number of nitrogens with one attached hydrogen (secondary N) is 2. The van der Waals surface area contributed by atoms with Gasteiger partial charge < -0.3 is 20.1 Å². The molecule has 0 bridgehead atoms. The number of carbonyl (C=O) groups excluding carboxylic acids is 1. The van der Waals surface area contributed by atoms with Gasteiger partial charge in [-0.15, -0.1) is 0 Å². The number of unbranched alkanes of at least 4 members (excludes halogenated alkanes) is 1. The molecule has 7 nitrogen and oxygen atoms in total. The van der Waals surface area contributed by atoms with Gasteiger partial charge in [-0.25, -0.2) is 14.8 Å². The molecule has 30 heavy (non-hydrogen) atoms. The highest BCUT2D eigenvalue weighted by molar-refractivity contribution is 5.89. The van der Waals surface area contributed by atoms with Crippen molar-refractivity contribution in [1.82, 2.24) is 15.3 Å². The number of carbonyl (C=O) groups is 1. The molecule has 3 rings (SSSR count). The molecule has 1 aliphatic carbocycles. The lowest BCUT2D eigenvalue weighted by atomic mass is 9.93. The molecule has 0 spiro atoms. The summed E-state index contributed by atoms with van der Waals surface area (Å²) in [6.07, 6.45) is 5.70. The molecule has 1 saturated carbocycles. The maximum atomic E-state index is 12.3. The molecule has 1 fully saturated rings. The molecule has 0 atom stereocenters. The number of aryl methyl sites for hydroxylation is 2. The minimum atomic E-state index is -0.184. The van der Waals surface area contributed by atoms with E-state index in [-0.39, 0.29) is 18.2 Å². The van der Waals surface area contributed by atoms with Gasteiger partial charge in [0.05, 0.1) is 6.61 Å². The van der Waals surface area contributed by atoms with Gasteiger partial charge >= 0.3 is 12.0 Å². The van der Waals surface area contributed by atoms with Crippen LogP contribution in [0.5, 0.6) is 11.8 Å². The number of urea groups is 1. The first-order chi connectivity index (χ1) is 14.5. The summed E-state index contributed by atoms with van der Waals surface area (Å²) in [4.78, 5) is 21.0. The van der Waals surface area contributed by atoms with Crippen LogP contribution in [0, 0.1) is 13.8 Å². The summed E-state index contributed by atoms with van der Waals surface area (Å²) in [6.45, 7) is 6.72. The number of hydrogen-bond donors (Lipinski definition) is 2. The highest BCUT2D eigenvalue weighted by atomic mass is 16.5. The molecule has 1 heterocycles. The molecule has 0 unspecified atom stereocenters. The first-order valence-corrected chi connectivity index (χ1v) is 10.8. The average Bonchev–Trinajstić information content (AvgIpc) is 2.70. The lowest BCUT2D eigenvalue weighted by Crippen LogP contribution is -2.41. The van der Waals surface area contributed by atoms with Gasteiger partial charge in [-0.1, -0.05) is 13.3 Å². The third kappa shape index (κ3) is 6.90. The van der Waals surface area contributed by atoms with Crippen LogP contribution in [0.15, 0.2) is 30.3 Å². The second-order valence-electron chi connectivity index (χ2n) is 7.85. The standard InChI is InChI=1S/C23H32N4O3/c1-4-5-14-29-20-10-6-18(7-11-20)26-22(28)27-19-8-12-21(13-9-19)30-23-24-16(2)15-17(3)25-23/h6-7,10-11,15,19,21H,4-5,8-9,12-14H2,1-3H3,(H2,26,27,28). The SMILES string of the molecule is CCCCOc1ccc(NC(=O)NC2CCC(Oc3nc(C)cc(C)n3)CC2)cc1. The summed E-state index contributed by atoms with van der Waals surface area (Å²) in [5.74, 6) is 0.820. The highest BCUT2D eigenvalue weighted by Crippen LogP contribution is 2.23. The lowest BCUT2D eigenvalue weighted by molar-refractivity contribution is 0.129. The van der Waals surface area contributed by atoms with E-state index >= 15 is 0 Å². The smallest absolute Gasteiger partial charge is 0.319 e. The molecule has 1 aliphatic rings. The quantitative estimate of drug-likeness (QED) is 0.609. The van der Waals surface area contributed by atoms with Gasteiger partial charge in [0.2, 0.25) is 0 Å². The summed E-state index contributed by atoms with van der Waals surface area (Å²) in [5.41, 5.74) is 2.56. The summed E-state index contributed by atoms with van der Waals surface area (Å²) >= 11 is 0. The molecule has 7 heteroatoms. The third-order valence-electron chi connectivity index (χ3n) is 5.12. The van der Waals surface area contributed by atoms with Crippen molar-refractivity contribution in [3.8, 4) is 11.8 Å². The number of anilines is 1. The Balaban J connectivity index is 1.39. The molecule has 0 saturated heterocycles. The number of amides is 2. The second-order valence-corrected chi connectivity index (χ2v) is 7.85. The van der Waals surface area contributed by atoms with Crippen molar-refractivity contribution in [2.24, 2.45) is 0 Å². The monoisotopic (exact) mass is 412 g/mol. The summed E-state index contributed by atoms with van der Waals surface area (Å²) in [6, 6.07) is 9.80. The minimum Gasteiger partial charge on any atom is -0.494 e. The van der Waals surface area contributed by atoms with Gasteiger partial charge in [-0.05, 0) is 76.3 Å². The fraction of sp³-hybridized carbons (Fsp3) is 0.522. The number of hydrogen-bond acceptors (Lipinski definition) is 5. The van der Waals surface area contributed by atoms with E-state index in [1.54, 1.807) is 0 Å². The topological polar surface area (TPSA) is 85.4 Å². The van der Waals surface area contributed by atoms with Crippen LogP contribution in [0.1, 0.15) is 56.8 Å². The van der Waals surface area contributed by atoms with E-state index in [0.717, 1.165) is 61.3 Å². The Morgan fingerprint density at radius 2 is 1.73 bits per heavy atom. The van der Waals surface area contributed by atoms with Crippen molar-refractivity contribution in [2.75, 3.05) is 11.9 Å². The van der Waals surface area contributed by atoms with Crippen molar-refractivity contribution >= 4 is 11.7 Å². The maximum absolute atomic E-state index is 12.3. The molecular formula is C23H32N4O3. The van der Waals surface area contributed by atoms with E-state index in [2.05, 4.69) is 27.5 Å². The van der Waals surface area contributed by atoms with Crippen molar-refractivity contribution in [2.45, 2.75) is 71.4 Å². The Morgan fingerprint density at radius 3 is 2.37 bits per heavy atom. The zero-order chi connectivity index (χ0) is 21.3. The Bertz CT molecular complexity index is 797. The molecular weight excluding hydrogens is 380 g/mol. The van der Waals surface area contributed by atoms with Gasteiger partial charge in [0, 0.05) is 23.1 Å². The van der Waals surface area contributed by atoms with E-state index < -0.39 is 0 Å². The first-order valence-electron chi connectivity index (χ1n) is 10.8. The molecule has 1 aromatic heterocycles. The van der Waals surface area contributed by atoms with Crippen LogP contribution in [0.25, 0.3) is 0 Å². The number of aromatic nitrogens is 2. The van der Waals surface area contributed by atoms with E-state index in [9.17, 15) is 4.79 Å². The van der Waals surface area contributed by atoms with Crippen molar-refractivity contribution in [3.05, 3.63) is 41.7 Å². The van der Waals surface area contributed by atoms with Crippen molar-refractivity contribution < 1.29 is 14.3 Å². The first kappa shape index (κ1) is 21.9. The van der Waals surface area contributed by atoms with E-state index in [4.69, 9.17) is 9.47 Å². The zero-order valence-corrected chi connectivity index (χ0v) is 18.1. The van der Waals surface area contributed by atoms with E-state index in [1.807, 2.05) is 44.2 Å². The molecule has 2 N–H and O–H groups in total. The molecule has 2 aromatic rings. The fourth-order valence-corrected chi connectivity index (χ4v) is 3.54. The molecule has 2 amide bonds. The van der Waals surface area contributed by atoms with E-state index in [0.29, 0.717) is 12.6 Å². The van der Waals surface area contributed by atoms with Crippen molar-refractivity contribution in [1.29, 1.82) is 0 Å². The van der Waals surface area contributed by atoms with Crippen LogP contribution in [0.2, 0.25) is 0 Å². The Morgan fingerprint density at radius 1 is 1.07 bits per heavy atom. The van der Waals surface area contributed by atoms with Crippen LogP contribution in [0.4, 0.5) is 10.5 Å². The Hall–Kier alpha value is -2.83. The normalized spacial score (nSPS) is 18.5. The predicted molar refractivity (Wildman–Crippen MR) is 117 cm³/mol. The van der Waals surface area contributed by atoms with Gasteiger partial charge in [-0.3, -0.25) is 0 Å². The Kier molecular flexibility index (Phi) is 7.88. The predicted octanol–water partition coefficient (Wildman–Crippen LogP) is 4.78. The van der Waals surface area contributed by atoms with Crippen LogP contribution in [-0.4, -0.2) is 34.8 Å². The number of benzene rings is 1. The molecule has 0 radical (unpaired) electrons. The highest BCUT2D eigenvalue weighted by Gasteiger charge is 2.24. The minimum absolute atomic E-state index is 0.0903. The van der Waals surface area contributed by atoms with Gasteiger partial charge in [0.15, 0.2) is 0 Å². The Labute approximate surface area is 178 Å². The molecule has 162 valence electrons.